The number of nitrogens with one attached hydrogen (secondary N) is 2. The van der Waals surface area contributed by atoms with Crippen LogP contribution in [-0.2, 0) is 6.61 Å². The van der Waals surface area contributed by atoms with Crippen molar-refractivity contribution in [2.75, 3.05) is 7.11 Å². The second-order valence-electron chi connectivity index (χ2n) is 7.87. The number of amides is 2. The number of nitriles is 1. The van der Waals surface area contributed by atoms with Gasteiger partial charge in [-0.15, -0.1) is 0 Å². The average Bonchev–Trinajstić information content (AvgIpc) is 2.71. The minimum atomic E-state index is -0.556. The van der Waals surface area contributed by atoms with E-state index in [9.17, 15) is 10.1 Å². The Balaban J connectivity index is 1.92. The lowest BCUT2D eigenvalue weighted by molar-refractivity contribution is 0.235. The lowest BCUT2D eigenvalue weighted by Crippen LogP contribution is -2.46. The summed E-state index contributed by atoms with van der Waals surface area (Å²) in [4.78, 5) is 12.2. The van der Waals surface area contributed by atoms with Crippen LogP contribution in [0.25, 0.3) is 0 Å². The first-order chi connectivity index (χ1) is 13.8. The van der Waals surface area contributed by atoms with Crippen LogP contribution in [0, 0.1) is 16.7 Å². The van der Waals surface area contributed by atoms with Crippen molar-refractivity contribution in [1.82, 2.24) is 10.6 Å². The topological polar surface area (TPSA) is 83.4 Å². The van der Waals surface area contributed by atoms with Gasteiger partial charge in [-0.2, -0.15) is 5.26 Å². The van der Waals surface area contributed by atoms with E-state index in [2.05, 4.69) is 16.7 Å². The zero-order chi connectivity index (χ0) is 21.0. The third kappa shape index (κ3) is 4.52. The molecule has 0 bridgehead atoms. The SMILES string of the molecule is COc1cc([C@H]2NC(=O)NC(C(C)(C)C)=C2C#N)ccc1OCc1ccccc1. The standard InChI is InChI=1S/C23H25N3O3/c1-23(2,3)21-17(13-24)20(25-22(27)26-21)16-10-11-18(19(12-16)28-4)29-14-15-8-6-5-7-9-15/h5-12,20H,14H2,1-4H3,(H2,25,26,27)/t20-/m1/s1. The molecule has 2 N–H and O–H groups in total. The van der Waals surface area contributed by atoms with Crippen LogP contribution < -0.4 is 20.1 Å². The number of nitrogens with zero attached hydrogens (tertiary/aromatic N) is 1. The number of hydrogen-bond acceptors (Lipinski definition) is 4. The van der Waals surface area contributed by atoms with Gasteiger partial charge in [0.05, 0.1) is 24.8 Å². The molecule has 1 atom stereocenters. The van der Waals surface area contributed by atoms with Crippen molar-refractivity contribution < 1.29 is 14.3 Å². The summed E-state index contributed by atoms with van der Waals surface area (Å²) in [5, 5.41) is 15.4. The second-order valence-corrected chi connectivity index (χ2v) is 7.87. The van der Waals surface area contributed by atoms with Crippen molar-refractivity contribution in [2.45, 2.75) is 33.4 Å². The van der Waals surface area contributed by atoms with E-state index in [0.717, 1.165) is 11.1 Å². The fourth-order valence-corrected chi connectivity index (χ4v) is 3.24. The maximum atomic E-state index is 12.2. The molecule has 0 saturated carbocycles. The van der Waals surface area contributed by atoms with Gasteiger partial charge in [0.2, 0.25) is 0 Å². The van der Waals surface area contributed by atoms with Crippen molar-refractivity contribution in [1.29, 1.82) is 5.26 Å². The molecule has 2 aromatic carbocycles. The van der Waals surface area contributed by atoms with E-state index >= 15 is 0 Å². The third-order valence-electron chi connectivity index (χ3n) is 4.70. The number of rotatable bonds is 5. The van der Waals surface area contributed by atoms with Gasteiger partial charge in [0, 0.05) is 11.1 Å². The van der Waals surface area contributed by atoms with Gasteiger partial charge in [0.1, 0.15) is 6.61 Å². The molecule has 0 fully saturated rings. The Morgan fingerprint density at radius 2 is 1.83 bits per heavy atom. The van der Waals surface area contributed by atoms with Gasteiger partial charge >= 0.3 is 6.03 Å². The Morgan fingerprint density at radius 3 is 2.45 bits per heavy atom. The van der Waals surface area contributed by atoms with Crippen molar-refractivity contribution in [3.05, 3.63) is 70.9 Å². The second kappa shape index (κ2) is 8.27. The van der Waals surface area contributed by atoms with Crippen molar-refractivity contribution in [3.63, 3.8) is 0 Å². The zero-order valence-electron chi connectivity index (χ0n) is 17.1. The molecule has 2 aromatic rings. The summed E-state index contributed by atoms with van der Waals surface area (Å²) in [7, 11) is 1.57. The molecular weight excluding hydrogens is 366 g/mol. The molecule has 150 valence electrons. The third-order valence-corrected chi connectivity index (χ3v) is 4.70. The van der Waals surface area contributed by atoms with Gasteiger partial charge in [-0.25, -0.2) is 4.79 Å². The molecule has 0 aromatic heterocycles. The van der Waals surface area contributed by atoms with Gasteiger partial charge in [-0.3, -0.25) is 0 Å². The summed E-state index contributed by atoms with van der Waals surface area (Å²) in [6.45, 7) is 6.30. The monoisotopic (exact) mass is 391 g/mol. The highest BCUT2D eigenvalue weighted by Crippen LogP contribution is 2.37. The highest BCUT2D eigenvalue weighted by atomic mass is 16.5. The Labute approximate surface area is 171 Å². The van der Waals surface area contributed by atoms with E-state index in [1.807, 2.05) is 57.2 Å². The molecule has 1 aliphatic rings. The molecule has 0 spiro atoms. The van der Waals surface area contributed by atoms with Gasteiger partial charge in [-0.05, 0) is 23.3 Å². The van der Waals surface area contributed by atoms with Gasteiger partial charge in [0.15, 0.2) is 11.5 Å². The summed E-state index contributed by atoms with van der Waals surface area (Å²) in [6.07, 6.45) is 0. The molecule has 1 heterocycles. The molecule has 0 aliphatic carbocycles. The highest BCUT2D eigenvalue weighted by Gasteiger charge is 2.34. The van der Waals surface area contributed by atoms with Crippen molar-refractivity contribution in [3.8, 4) is 17.6 Å². The maximum absolute atomic E-state index is 12.2. The lowest BCUT2D eigenvalue weighted by atomic mass is 9.84. The Bertz CT molecular complexity index is 969. The number of carbonyl (C=O) groups is 1. The molecule has 1 aliphatic heterocycles. The normalized spacial score (nSPS) is 16.5. The van der Waals surface area contributed by atoms with Crippen LogP contribution in [0.1, 0.15) is 37.9 Å². The summed E-state index contributed by atoms with van der Waals surface area (Å²) < 4.78 is 11.4. The van der Waals surface area contributed by atoms with Gasteiger partial charge in [-0.1, -0.05) is 57.2 Å². The Kier molecular flexibility index (Phi) is 5.79. The largest absolute Gasteiger partial charge is 0.493 e. The first-order valence-corrected chi connectivity index (χ1v) is 9.40. The minimum Gasteiger partial charge on any atom is -0.493 e. The van der Waals surface area contributed by atoms with E-state index in [-0.39, 0.29) is 11.4 Å². The predicted octanol–water partition coefficient (Wildman–Crippen LogP) is 4.45. The number of ether oxygens (including phenoxy) is 2. The molecule has 6 nitrogen and oxygen atoms in total. The van der Waals surface area contributed by atoms with Crippen LogP contribution in [0.2, 0.25) is 0 Å². The molecule has 6 heteroatoms. The average molecular weight is 391 g/mol. The van der Waals surface area contributed by atoms with E-state index in [0.29, 0.717) is 29.4 Å². The van der Waals surface area contributed by atoms with Gasteiger partial charge in [0.25, 0.3) is 0 Å². The molecular formula is C23H25N3O3. The van der Waals surface area contributed by atoms with Crippen molar-refractivity contribution >= 4 is 6.03 Å². The smallest absolute Gasteiger partial charge is 0.319 e. The fourth-order valence-electron chi connectivity index (χ4n) is 3.24. The Hall–Kier alpha value is -3.46. The van der Waals surface area contributed by atoms with E-state index in [1.165, 1.54) is 0 Å². The van der Waals surface area contributed by atoms with Crippen LogP contribution in [0.5, 0.6) is 11.5 Å². The number of hydrogen-bond donors (Lipinski definition) is 2. The maximum Gasteiger partial charge on any atom is 0.319 e. The van der Waals surface area contributed by atoms with E-state index in [4.69, 9.17) is 9.47 Å². The first kappa shape index (κ1) is 20.3. The minimum absolute atomic E-state index is 0.331. The molecule has 0 radical (unpaired) electrons. The molecule has 29 heavy (non-hydrogen) atoms. The van der Waals surface area contributed by atoms with Crippen molar-refractivity contribution in [2.24, 2.45) is 5.41 Å². The van der Waals surface area contributed by atoms with E-state index < -0.39 is 6.04 Å². The van der Waals surface area contributed by atoms with E-state index in [1.54, 1.807) is 19.2 Å². The molecule has 2 amide bonds. The summed E-state index contributed by atoms with van der Waals surface area (Å²) in [5.74, 6) is 1.14. The van der Waals surface area contributed by atoms with Crippen LogP contribution in [0.3, 0.4) is 0 Å². The summed E-state index contributed by atoms with van der Waals surface area (Å²) >= 11 is 0. The number of allylic oxidation sites excluding steroid dienone is 1. The predicted molar refractivity (Wildman–Crippen MR) is 110 cm³/mol. The van der Waals surface area contributed by atoms with Crippen LogP contribution >= 0.6 is 0 Å². The summed E-state index contributed by atoms with van der Waals surface area (Å²) in [6, 6.07) is 16.7. The molecule has 0 saturated heterocycles. The number of urea groups is 1. The van der Waals surface area contributed by atoms with Gasteiger partial charge < -0.3 is 20.1 Å². The first-order valence-electron chi connectivity index (χ1n) is 9.40. The zero-order valence-corrected chi connectivity index (χ0v) is 17.1. The fraction of sp³-hybridized carbons (Fsp3) is 0.304. The quantitative estimate of drug-likeness (QED) is 0.789. The van der Waals surface area contributed by atoms with Crippen LogP contribution in [0.15, 0.2) is 59.8 Å². The highest BCUT2D eigenvalue weighted by molar-refractivity contribution is 5.80. The van der Waals surface area contributed by atoms with Crippen LogP contribution in [-0.4, -0.2) is 13.1 Å². The summed E-state index contributed by atoms with van der Waals surface area (Å²) in [5.41, 5.74) is 2.54. The Morgan fingerprint density at radius 1 is 1.10 bits per heavy atom. The lowest BCUT2D eigenvalue weighted by Gasteiger charge is -2.33. The number of carbonyl (C=O) groups excluding carboxylic acids is 1. The van der Waals surface area contributed by atoms with Crippen LogP contribution in [0.4, 0.5) is 4.79 Å². The molecule has 3 rings (SSSR count). The number of methoxy groups -OCH3 is 1. The number of benzene rings is 2. The molecule has 0 unspecified atom stereocenters.